The molecule has 0 aliphatic rings. The minimum atomic E-state index is -0.595. The summed E-state index contributed by atoms with van der Waals surface area (Å²) in [5.74, 6) is 0.852. The zero-order chi connectivity index (χ0) is 16.3. The van der Waals surface area contributed by atoms with Crippen LogP contribution in [0.5, 0.6) is 0 Å². The van der Waals surface area contributed by atoms with Crippen LogP contribution in [0.1, 0.15) is 47.2 Å². The van der Waals surface area contributed by atoms with Crippen LogP contribution in [0.3, 0.4) is 0 Å². The molecular formula is C15H18N2O5. The fraction of sp³-hybridized carbons (Fsp3) is 0.467. The number of hydrogen-bond acceptors (Lipinski definition) is 7. The van der Waals surface area contributed by atoms with Crippen LogP contribution in [0.4, 0.5) is 0 Å². The van der Waals surface area contributed by atoms with Gasteiger partial charge in [0.15, 0.2) is 12.4 Å². The van der Waals surface area contributed by atoms with Gasteiger partial charge in [0.2, 0.25) is 0 Å². The molecule has 0 bridgehead atoms. The molecular weight excluding hydrogens is 288 g/mol. The predicted octanol–water partition coefficient (Wildman–Crippen LogP) is 2.20. The molecule has 7 heteroatoms. The van der Waals surface area contributed by atoms with Crippen molar-refractivity contribution in [1.29, 1.82) is 0 Å². The van der Waals surface area contributed by atoms with E-state index in [1.165, 1.54) is 6.07 Å². The minimum Gasteiger partial charge on any atom is -0.452 e. The normalized spacial score (nSPS) is 11.0. The summed E-state index contributed by atoms with van der Waals surface area (Å²) < 4.78 is 15.1. The van der Waals surface area contributed by atoms with Crippen molar-refractivity contribution in [2.24, 2.45) is 5.92 Å². The van der Waals surface area contributed by atoms with Gasteiger partial charge in [-0.05, 0) is 25.3 Å². The summed E-state index contributed by atoms with van der Waals surface area (Å²) in [7, 11) is 0. The number of hydrogen-bond donors (Lipinski definition) is 0. The lowest BCUT2D eigenvalue weighted by Crippen LogP contribution is -2.13. The van der Waals surface area contributed by atoms with Crippen molar-refractivity contribution in [3.8, 4) is 0 Å². The topological polar surface area (TPSA) is 95.4 Å². The molecule has 0 spiro atoms. The van der Waals surface area contributed by atoms with E-state index in [0.29, 0.717) is 23.7 Å². The fourth-order valence-electron chi connectivity index (χ4n) is 2.06. The second-order valence-corrected chi connectivity index (χ2v) is 5.46. The SMILES string of the molecule is Cc1cc(=O)oc(C)c1C(=O)OCc1nc(CC(C)C)no1. The lowest BCUT2D eigenvalue weighted by molar-refractivity contribution is 0.0424. The Morgan fingerprint density at radius 3 is 2.73 bits per heavy atom. The van der Waals surface area contributed by atoms with Crippen molar-refractivity contribution in [1.82, 2.24) is 10.1 Å². The van der Waals surface area contributed by atoms with Crippen LogP contribution in [0.2, 0.25) is 0 Å². The van der Waals surface area contributed by atoms with Crippen molar-refractivity contribution >= 4 is 5.97 Å². The van der Waals surface area contributed by atoms with Crippen LogP contribution >= 0.6 is 0 Å². The molecule has 0 aromatic carbocycles. The summed E-state index contributed by atoms with van der Waals surface area (Å²) in [4.78, 5) is 27.4. The van der Waals surface area contributed by atoms with Gasteiger partial charge in [0.25, 0.3) is 5.89 Å². The van der Waals surface area contributed by atoms with Gasteiger partial charge < -0.3 is 13.7 Å². The number of aryl methyl sites for hydroxylation is 2. The standard InChI is InChI=1S/C15H18N2O5/c1-8(2)5-11-16-12(22-17-11)7-20-15(19)14-9(3)6-13(18)21-10(14)4/h6,8H,5,7H2,1-4H3. The van der Waals surface area contributed by atoms with Crippen LogP contribution < -0.4 is 5.63 Å². The van der Waals surface area contributed by atoms with Gasteiger partial charge in [-0.15, -0.1) is 0 Å². The van der Waals surface area contributed by atoms with Crippen LogP contribution in [-0.4, -0.2) is 16.1 Å². The Labute approximate surface area is 127 Å². The quantitative estimate of drug-likeness (QED) is 0.781. The van der Waals surface area contributed by atoms with E-state index in [1.807, 2.05) is 13.8 Å². The molecule has 118 valence electrons. The second-order valence-electron chi connectivity index (χ2n) is 5.46. The van der Waals surface area contributed by atoms with Gasteiger partial charge in [-0.1, -0.05) is 19.0 Å². The minimum absolute atomic E-state index is 0.123. The first kappa shape index (κ1) is 15.9. The van der Waals surface area contributed by atoms with Gasteiger partial charge in [0.05, 0.1) is 0 Å². The number of carbonyl (C=O) groups is 1. The smallest absolute Gasteiger partial charge is 0.342 e. The molecule has 0 aliphatic heterocycles. The average molecular weight is 306 g/mol. The lowest BCUT2D eigenvalue weighted by Gasteiger charge is -2.06. The van der Waals surface area contributed by atoms with Crippen LogP contribution in [0.25, 0.3) is 0 Å². The number of esters is 1. The van der Waals surface area contributed by atoms with Gasteiger partial charge >= 0.3 is 11.6 Å². The molecule has 0 N–H and O–H groups in total. The van der Waals surface area contributed by atoms with Crippen molar-refractivity contribution in [2.75, 3.05) is 0 Å². The molecule has 0 amide bonds. The number of rotatable bonds is 5. The first-order chi connectivity index (χ1) is 10.4. The third-order valence-electron chi connectivity index (χ3n) is 2.97. The number of aromatic nitrogens is 2. The molecule has 2 rings (SSSR count). The summed E-state index contributed by atoms with van der Waals surface area (Å²) in [6, 6.07) is 1.25. The number of carbonyl (C=O) groups excluding carboxylic acids is 1. The summed E-state index contributed by atoms with van der Waals surface area (Å²) in [5.41, 5.74) is 0.244. The molecule has 0 saturated heterocycles. The number of nitrogens with zero attached hydrogens (tertiary/aromatic N) is 2. The second kappa shape index (κ2) is 6.55. The molecule has 0 saturated carbocycles. The highest BCUT2D eigenvalue weighted by Gasteiger charge is 2.18. The van der Waals surface area contributed by atoms with E-state index < -0.39 is 11.6 Å². The third kappa shape index (κ3) is 3.81. The summed E-state index contributed by atoms with van der Waals surface area (Å²) in [6.45, 7) is 7.16. The molecule has 2 aromatic heterocycles. The highest BCUT2D eigenvalue weighted by Crippen LogP contribution is 2.13. The molecule has 2 aromatic rings. The maximum Gasteiger partial charge on any atom is 0.342 e. The zero-order valence-corrected chi connectivity index (χ0v) is 13.0. The molecule has 0 aliphatic carbocycles. The molecule has 0 atom stereocenters. The van der Waals surface area contributed by atoms with E-state index in [2.05, 4.69) is 10.1 Å². The van der Waals surface area contributed by atoms with E-state index >= 15 is 0 Å². The Kier molecular flexibility index (Phi) is 4.75. The van der Waals surface area contributed by atoms with Gasteiger partial charge in [-0.2, -0.15) is 4.98 Å². The molecule has 22 heavy (non-hydrogen) atoms. The van der Waals surface area contributed by atoms with Gasteiger partial charge in [-0.25, -0.2) is 9.59 Å². The van der Waals surface area contributed by atoms with E-state index in [1.54, 1.807) is 13.8 Å². The average Bonchev–Trinajstić information content (AvgIpc) is 2.81. The maximum atomic E-state index is 12.1. The van der Waals surface area contributed by atoms with E-state index in [-0.39, 0.29) is 23.8 Å². The third-order valence-corrected chi connectivity index (χ3v) is 2.97. The summed E-state index contributed by atoms with van der Waals surface area (Å²) >= 11 is 0. The van der Waals surface area contributed by atoms with Crippen molar-refractivity contribution in [3.63, 3.8) is 0 Å². The van der Waals surface area contributed by atoms with Gasteiger partial charge in [0.1, 0.15) is 11.3 Å². The largest absolute Gasteiger partial charge is 0.452 e. The first-order valence-electron chi connectivity index (χ1n) is 6.96. The van der Waals surface area contributed by atoms with Crippen LogP contribution in [0.15, 0.2) is 19.8 Å². The van der Waals surface area contributed by atoms with E-state index in [4.69, 9.17) is 13.7 Å². The van der Waals surface area contributed by atoms with Gasteiger partial charge in [-0.3, -0.25) is 0 Å². The Bertz CT molecular complexity index is 704. The Morgan fingerprint density at radius 2 is 2.09 bits per heavy atom. The predicted molar refractivity (Wildman–Crippen MR) is 76.4 cm³/mol. The van der Waals surface area contributed by atoms with E-state index in [9.17, 15) is 9.59 Å². The highest BCUT2D eigenvalue weighted by molar-refractivity contribution is 5.91. The lowest BCUT2D eigenvalue weighted by atomic mass is 10.1. The monoisotopic (exact) mass is 306 g/mol. The first-order valence-corrected chi connectivity index (χ1v) is 6.96. The summed E-state index contributed by atoms with van der Waals surface area (Å²) in [5, 5.41) is 3.82. The molecule has 7 nitrogen and oxygen atoms in total. The fourth-order valence-corrected chi connectivity index (χ4v) is 2.06. The van der Waals surface area contributed by atoms with E-state index in [0.717, 1.165) is 0 Å². The van der Waals surface area contributed by atoms with Crippen molar-refractivity contribution in [3.05, 3.63) is 45.1 Å². The van der Waals surface area contributed by atoms with Gasteiger partial charge in [0, 0.05) is 12.5 Å². The Hall–Kier alpha value is -2.44. The van der Waals surface area contributed by atoms with Crippen molar-refractivity contribution in [2.45, 2.75) is 40.7 Å². The molecule has 2 heterocycles. The zero-order valence-electron chi connectivity index (χ0n) is 13.0. The highest BCUT2D eigenvalue weighted by atomic mass is 16.6. The molecule has 0 fully saturated rings. The maximum absolute atomic E-state index is 12.1. The van der Waals surface area contributed by atoms with Crippen LogP contribution in [-0.2, 0) is 17.8 Å². The number of ether oxygens (including phenoxy) is 1. The Morgan fingerprint density at radius 1 is 1.36 bits per heavy atom. The summed E-state index contributed by atoms with van der Waals surface area (Å²) in [6.07, 6.45) is 0.694. The Balaban J connectivity index is 2.04. The molecule has 0 radical (unpaired) electrons. The van der Waals surface area contributed by atoms with Crippen molar-refractivity contribution < 1.29 is 18.5 Å². The molecule has 0 unspecified atom stereocenters. The van der Waals surface area contributed by atoms with Crippen LogP contribution in [0, 0.1) is 19.8 Å².